The first kappa shape index (κ1) is 77.7. The Morgan fingerprint density at radius 2 is 1.04 bits per heavy atom. The number of Topliss-reactive ketones (excluding diaryl/α,β-unsaturated/α-hetero) is 4. The average Bonchev–Trinajstić information content (AvgIpc) is 1.49. The normalized spacial score (nSPS) is 41.5. The van der Waals surface area contributed by atoms with Crippen LogP contribution in [0.4, 0.5) is 9.59 Å². The van der Waals surface area contributed by atoms with Crippen LogP contribution in [-0.2, 0) is 82.7 Å². The van der Waals surface area contributed by atoms with E-state index in [0.29, 0.717) is 19.4 Å². The topological polar surface area (TPSA) is 312 Å². The van der Waals surface area contributed by atoms with Crippen LogP contribution in [0, 0.1) is 41.4 Å². The highest BCUT2D eigenvalue weighted by Gasteiger charge is 2.60. The highest BCUT2D eigenvalue weighted by Crippen LogP contribution is 2.43. The summed E-state index contributed by atoms with van der Waals surface area (Å²) in [6.45, 7) is 28.5. The third-order valence-corrected chi connectivity index (χ3v) is 20.8. The van der Waals surface area contributed by atoms with Crippen LogP contribution in [0.25, 0.3) is 0 Å². The minimum Gasteiger partial charge on any atom is -0.458 e. The number of amides is 2. The fraction of sp³-hybridized carbons (Fsp3) is 0.768. The number of ether oxygens (including phenoxy) is 10. The third-order valence-electron chi connectivity index (χ3n) is 20.8. The van der Waals surface area contributed by atoms with Crippen molar-refractivity contribution in [3.8, 4) is 0 Å². The van der Waals surface area contributed by atoms with Gasteiger partial charge in [-0.25, -0.2) is 9.59 Å². The smallest absolute Gasteiger partial charge is 0.408 e. The fourth-order valence-electron chi connectivity index (χ4n) is 15.0. The molecule has 25 nitrogen and oxygen atoms in total. The van der Waals surface area contributed by atoms with E-state index in [2.05, 4.69) is 22.5 Å². The number of methoxy groups -OCH3 is 2. The van der Waals surface area contributed by atoms with Gasteiger partial charge >= 0.3 is 24.1 Å². The molecule has 6 heterocycles. The van der Waals surface area contributed by atoms with E-state index in [4.69, 9.17) is 47.4 Å². The van der Waals surface area contributed by atoms with Gasteiger partial charge in [0.2, 0.25) is 0 Å². The van der Waals surface area contributed by atoms with Crippen LogP contribution in [0.1, 0.15) is 141 Å². The number of rotatable bonds is 14. The molecule has 0 bridgehead atoms. The summed E-state index contributed by atoms with van der Waals surface area (Å²) in [4.78, 5) is 113. The van der Waals surface area contributed by atoms with Gasteiger partial charge < -0.3 is 83.3 Å². The van der Waals surface area contributed by atoms with Gasteiger partial charge in [-0.15, -0.1) is 0 Å². The van der Waals surface area contributed by atoms with Crippen molar-refractivity contribution in [2.24, 2.45) is 41.4 Å². The summed E-state index contributed by atoms with van der Waals surface area (Å²) in [5.74, 6) is -9.55. The number of nitrogens with zero attached hydrogens (tertiary/aromatic N) is 2. The Morgan fingerprint density at radius 3 is 1.48 bits per heavy atom. The van der Waals surface area contributed by atoms with Crippen molar-refractivity contribution in [3.05, 3.63) is 48.0 Å². The van der Waals surface area contributed by atoms with E-state index in [-0.39, 0.29) is 73.7 Å². The van der Waals surface area contributed by atoms with Crippen LogP contribution in [0.2, 0.25) is 0 Å². The number of esters is 2. The maximum absolute atomic E-state index is 14.7. The Balaban J connectivity index is 0.000000302. The molecule has 6 aliphatic rings. The lowest BCUT2D eigenvalue weighted by Crippen LogP contribution is -2.61. The monoisotopic (exact) mass is 1330 g/mol. The number of nitrogens with one attached hydrogen (secondary N) is 3. The summed E-state index contributed by atoms with van der Waals surface area (Å²) in [5.41, 5.74) is -4.28. The van der Waals surface area contributed by atoms with Gasteiger partial charge in [0.1, 0.15) is 48.1 Å². The maximum Gasteiger partial charge on any atom is 0.408 e. The first-order chi connectivity index (χ1) is 43.9. The van der Waals surface area contributed by atoms with Crippen molar-refractivity contribution in [1.82, 2.24) is 25.8 Å². The zero-order valence-electron chi connectivity index (χ0n) is 59.0. The molecule has 2 amide bonds. The quantitative estimate of drug-likeness (QED) is 0.0651. The van der Waals surface area contributed by atoms with Gasteiger partial charge in [-0.1, -0.05) is 78.5 Å². The summed E-state index contributed by atoms with van der Waals surface area (Å²) in [6.07, 6.45) is -8.48. The minimum atomic E-state index is -1.43. The van der Waals surface area contributed by atoms with Gasteiger partial charge in [0.15, 0.2) is 41.1 Å². The summed E-state index contributed by atoms with van der Waals surface area (Å²) < 4.78 is 60.7. The van der Waals surface area contributed by atoms with Gasteiger partial charge in [0.05, 0.1) is 47.6 Å². The number of ketones is 4. The molecule has 0 radical (unpaired) electrons. The standard InChI is InChI=1S/C38H59N3O10.C31H50N2O10/c1-11-28-38(7)32(40-36(46)51-38)26(20-39-19-25-15-13-12-14-16-25)29(42)21(2)18-37(6,47-10)33(23(4)30(43)24(5)34(45)49-28)50-35-31(44)27(41(8)9)17-22(3)48-35;1-12-21-31(8)25(32-29(38)43-31)17(4)22(34)15(2)14-30(7,39-11)26(18(5)23(35)19(6)27(37)41-21)42-28-24(36)20(33(9)10)13-16(3)40-28/h12-16,21-24,26-28,31-33,35,39,44H,11,17-20H2,1-10H3,(H,40,46);15-16,18-21,24-26,28,36H,4,12-14H2,1-3,5-11H3,(H,32,38)/t21-,22-,23+,24-,26+,27+,28-,31-,32-,33-,35+,37+,38-;15-,16-,18+,19-,20+,21-,24-,25-,26-,28+,30+,31-/m11/s1. The molecule has 1 aromatic carbocycles. The first-order valence-electron chi connectivity index (χ1n) is 33.3. The number of alkyl carbamates (subject to hydrolysis) is 2. The van der Waals surface area contributed by atoms with E-state index in [1.54, 1.807) is 69.2 Å². The molecule has 25 heteroatoms. The number of carbonyl (C=O) groups is 8. The minimum absolute atomic E-state index is 0.0907. The number of cyclic esters (lactones) is 2. The van der Waals surface area contributed by atoms with Crippen LogP contribution >= 0.6 is 0 Å². The van der Waals surface area contributed by atoms with Crippen LogP contribution in [-0.4, -0.2) is 224 Å². The number of benzene rings is 1. The molecule has 0 aliphatic carbocycles. The second kappa shape index (κ2) is 31.9. The summed E-state index contributed by atoms with van der Waals surface area (Å²) in [5, 5.41) is 31.6. The molecule has 0 aromatic heterocycles. The largest absolute Gasteiger partial charge is 0.458 e. The Kier molecular flexibility index (Phi) is 26.4. The molecule has 25 atom stereocenters. The van der Waals surface area contributed by atoms with E-state index in [0.717, 1.165) is 5.56 Å². The van der Waals surface area contributed by atoms with Crippen molar-refractivity contribution < 1.29 is 95.9 Å². The van der Waals surface area contributed by atoms with E-state index in [1.807, 2.05) is 82.2 Å². The number of fused-ring (bicyclic) bond motifs is 2. The highest BCUT2D eigenvalue weighted by atomic mass is 16.7. The summed E-state index contributed by atoms with van der Waals surface area (Å²) in [7, 11) is 10.4. The zero-order chi connectivity index (χ0) is 70.4. The van der Waals surface area contributed by atoms with E-state index >= 15 is 0 Å². The molecule has 94 heavy (non-hydrogen) atoms. The molecule has 530 valence electrons. The van der Waals surface area contributed by atoms with Crippen molar-refractivity contribution in [3.63, 3.8) is 0 Å². The zero-order valence-corrected chi connectivity index (χ0v) is 59.0. The van der Waals surface area contributed by atoms with Gasteiger partial charge in [-0.3, -0.25) is 28.8 Å². The molecule has 5 N–H and O–H groups in total. The number of hydrogen-bond acceptors (Lipinski definition) is 23. The van der Waals surface area contributed by atoms with E-state index in [9.17, 15) is 48.6 Å². The highest BCUT2D eigenvalue weighted by molar-refractivity contribution is 6.01. The fourth-order valence-corrected chi connectivity index (χ4v) is 15.0. The van der Waals surface area contributed by atoms with Gasteiger partial charge in [0, 0.05) is 68.6 Å². The molecule has 6 aliphatic heterocycles. The van der Waals surface area contributed by atoms with Gasteiger partial charge in [-0.05, 0) is 128 Å². The molecule has 0 spiro atoms. The van der Waals surface area contributed by atoms with Crippen molar-refractivity contribution in [2.75, 3.05) is 49.0 Å². The summed E-state index contributed by atoms with van der Waals surface area (Å²) >= 11 is 0. The van der Waals surface area contributed by atoms with Crippen molar-refractivity contribution in [1.29, 1.82) is 0 Å². The number of likely N-dealkylation sites (N-methyl/N-ethyl adjacent to an activating group) is 2. The number of carbonyl (C=O) groups excluding carboxylic acids is 8. The third kappa shape index (κ3) is 16.8. The van der Waals surface area contributed by atoms with Crippen LogP contribution < -0.4 is 16.0 Å². The van der Waals surface area contributed by atoms with Gasteiger partial charge in [0.25, 0.3) is 0 Å². The molecule has 1 aromatic rings. The Bertz CT molecular complexity index is 2850. The van der Waals surface area contributed by atoms with Crippen molar-refractivity contribution >= 4 is 47.3 Å². The van der Waals surface area contributed by atoms with E-state index in [1.165, 1.54) is 28.1 Å². The molecule has 0 saturated carbocycles. The number of aliphatic hydroxyl groups is 2. The SMILES string of the molecule is C=C1C(=O)[C@H](C)C[C@](C)(OC)[C@H](O[C@@H]2O[C@H](C)C[C@H](N(C)C)[C@H]2O)[C@@H](C)C(=O)[C@@H](C)C(=O)O[C@H](CC)[C@@]2(C)OC(=O)N[C@H]12.CC[C@H]1OC(=O)[C@H](C)C(=O)[C@H](C)[C@@H](O[C@@H]2O[C@H](C)C[C@H](N(C)C)[C@H]2O)[C@@](C)(OC)C[C@@H](C)C(=O)[C@H](CNCc2ccccc2)[C@H]2NC(=O)O[C@@]21C. The first-order valence-corrected chi connectivity index (χ1v) is 33.3. The predicted octanol–water partition coefficient (Wildman–Crippen LogP) is 5.65. The molecule has 6 saturated heterocycles. The van der Waals surface area contributed by atoms with E-state index < -0.39 is 161 Å². The molecular weight excluding hydrogens is 1220 g/mol. The van der Waals surface area contributed by atoms with Crippen molar-refractivity contribution in [2.45, 2.75) is 250 Å². The second-order valence-corrected chi connectivity index (χ2v) is 28.4. The Morgan fingerprint density at radius 1 is 0.617 bits per heavy atom. The maximum atomic E-state index is 14.7. The Labute approximate surface area is 555 Å². The molecule has 7 rings (SSSR count). The lowest BCUT2D eigenvalue weighted by molar-refractivity contribution is -0.295. The predicted molar refractivity (Wildman–Crippen MR) is 344 cm³/mol. The lowest BCUT2D eigenvalue weighted by atomic mass is 9.73. The lowest BCUT2D eigenvalue weighted by Gasteiger charge is -2.47. The van der Waals surface area contributed by atoms with Crippen LogP contribution in [0.15, 0.2) is 42.5 Å². The summed E-state index contributed by atoms with van der Waals surface area (Å²) in [6, 6.07) is 7.36. The van der Waals surface area contributed by atoms with Gasteiger partial charge in [-0.2, -0.15) is 0 Å². The average molecular weight is 1330 g/mol. The van der Waals surface area contributed by atoms with Crippen LogP contribution in [0.5, 0.6) is 0 Å². The van der Waals surface area contributed by atoms with Crippen LogP contribution in [0.3, 0.4) is 0 Å². The Hall–Kier alpha value is -5.32. The number of hydrogen-bond donors (Lipinski definition) is 5. The number of aliphatic hydroxyl groups excluding tert-OH is 2. The molecular formula is C69H109N5O20. The second-order valence-electron chi connectivity index (χ2n) is 28.4. The molecule has 6 fully saturated rings. The molecule has 0 unspecified atom stereocenters.